The molecular formula is C12H17N3O3S. The van der Waals surface area contributed by atoms with Crippen molar-refractivity contribution < 1.29 is 14.4 Å². The molecule has 104 valence electrons. The fraction of sp³-hybridized carbons (Fsp3) is 0.500. The molecule has 0 atom stereocenters. The van der Waals surface area contributed by atoms with Crippen LogP contribution in [0.1, 0.15) is 5.89 Å². The van der Waals surface area contributed by atoms with Crippen LogP contribution in [0, 0.1) is 0 Å². The maximum absolute atomic E-state index is 9.02. The molecule has 1 N–H and O–H groups in total. The van der Waals surface area contributed by atoms with Crippen molar-refractivity contribution >= 4 is 11.3 Å². The molecule has 0 aliphatic heterocycles. The van der Waals surface area contributed by atoms with Crippen LogP contribution in [0.3, 0.4) is 0 Å². The molecule has 0 saturated heterocycles. The first kappa shape index (κ1) is 14.1. The van der Waals surface area contributed by atoms with Crippen LogP contribution in [0.15, 0.2) is 22.0 Å². The van der Waals surface area contributed by atoms with Crippen LogP contribution < -0.4 is 0 Å². The number of aliphatic hydroxyl groups is 1. The van der Waals surface area contributed by atoms with Crippen LogP contribution in [-0.2, 0) is 11.3 Å². The molecule has 0 spiro atoms. The molecule has 0 aliphatic carbocycles. The highest BCUT2D eigenvalue weighted by Crippen LogP contribution is 2.21. The van der Waals surface area contributed by atoms with Crippen molar-refractivity contribution in [3.8, 4) is 10.7 Å². The van der Waals surface area contributed by atoms with Crippen molar-refractivity contribution in [2.45, 2.75) is 6.54 Å². The van der Waals surface area contributed by atoms with Crippen LogP contribution in [0.5, 0.6) is 0 Å². The summed E-state index contributed by atoms with van der Waals surface area (Å²) in [5.41, 5.74) is 0. The summed E-state index contributed by atoms with van der Waals surface area (Å²) in [6, 6.07) is 3.91. The van der Waals surface area contributed by atoms with E-state index in [1.165, 1.54) is 0 Å². The molecule has 0 amide bonds. The van der Waals surface area contributed by atoms with Gasteiger partial charge in [0.1, 0.15) is 0 Å². The summed E-state index contributed by atoms with van der Waals surface area (Å²) in [5.74, 6) is 1.16. The summed E-state index contributed by atoms with van der Waals surface area (Å²) < 4.78 is 10.3. The topological polar surface area (TPSA) is 71.6 Å². The van der Waals surface area contributed by atoms with E-state index in [1.54, 1.807) is 18.4 Å². The Labute approximate surface area is 115 Å². The Morgan fingerprint density at radius 2 is 2.37 bits per heavy atom. The fourth-order valence-corrected chi connectivity index (χ4v) is 2.30. The number of rotatable bonds is 8. The van der Waals surface area contributed by atoms with Gasteiger partial charge in [0.05, 0.1) is 24.6 Å². The van der Waals surface area contributed by atoms with Crippen LogP contribution in [-0.4, -0.2) is 53.6 Å². The van der Waals surface area contributed by atoms with E-state index in [2.05, 4.69) is 10.1 Å². The molecular weight excluding hydrogens is 266 g/mol. The van der Waals surface area contributed by atoms with E-state index >= 15 is 0 Å². The predicted octanol–water partition coefficient (Wildman–Crippen LogP) is 1.24. The summed E-state index contributed by atoms with van der Waals surface area (Å²) in [7, 11) is 1.65. The van der Waals surface area contributed by atoms with Crippen molar-refractivity contribution in [1.82, 2.24) is 15.0 Å². The van der Waals surface area contributed by atoms with Crippen molar-refractivity contribution in [2.75, 3.05) is 33.4 Å². The number of methoxy groups -OCH3 is 1. The first-order chi connectivity index (χ1) is 9.33. The summed E-state index contributed by atoms with van der Waals surface area (Å²) in [5, 5.41) is 15.0. The van der Waals surface area contributed by atoms with E-state index in [4.69, 9.17) is 14.4 Å². The van der Waals surface area contributed by atoms with Crippen LogP contribution in [0.25, 0.3) is 10.7 Å². The Hall–Kier alpha value is -1.28. The Morgan fingerprint density at radius 3 is 3.05 bits per heavy atom. The molecule has 19 heavy (non-hydrogen) atoms. The minimum Gasteiger partial charge on any atom is -0.395 e. The van der Waals surface area contributed by atoms with Crippen molar-refractivity contribution in [3.63, 3.8) is 0 Å². The number of hydrogen-bond donors (Lipinski definition) is 1. The van der Waals surface area contributed by atoms with E-state index in [0.717, 1.165) is 4.88 Å². The Kier molecular flexibility index (Phi) is 5.46. The molecule has 0 fully saturated rings. The van der Waals surface area contributed by atoms with Crippen LogP contribution >= 0.6 is 11.3 Å². The Morgan fingerprint density at radius 1 is 1.47 bits per heavy atom. The van der Waals surface area contributed by atoms with Gasteiger partial charge in [0.15, 0.2) is 0 Å². The van der Waals surface area contributed by atoms with Gasteiger partial charge in [-0.15, -0.1) is 11.3 Å². The maximum atomic E-state index is 9.02. The minimum absolute atomic E-state index is 0.0929. The highest BCUT2D eigenvalue weighted by Gasteiger charge is 2.13. The lowest BCUT2D eigenvalue weighted by Gasteiger charge is -2.18. The zero-order valence-electron chi connectivity index (χ0n) is 10.8. The molecule has 2 aromatic rings. The van der Waals surface area contributed by atoms with Crippen molar-refractivity contribution in [1.29, 1.82) is 0 Å². The second-order valence-electron chi connectivity index (χ2n) is 3.98. The third-order valence-electron chi connectivity index (χ3n) is 2.60. The van der Waals surface area contributed by atoms with E-state index in [0.29, 0.717) is 38.0 Å². The van der Waals surface area contributed by atoms with Crippen molar-refractivity contribution in [2.24, 2.45) is 0 Å². The number of nitrogens with zero attached hydrogens (tertiary/aromatic N) is 3. The summed E-state index contributed by atoms with van der Waals surface area (Å²) in [6.07, 6.45) is 0. The first-order valence-electron chi connectivity index (χ1n) is 6.02. The smallest absolute Gasteiger partial charge is 0.241 e. The van der Waals surface area contributed by atoms with Gasteiger partial charge in [0, 0.05) is 20.2 Å². The molecule has 0 bridgehead atoms. The number of aliphatic hydroxyl groups excluding tert-OH is 1. The van der Waals surface area contributed by atoms with Gasteiger partial charge in [-0.2, -0.15) is 4.98 Å². The number of hydrogen-bond acceptors (Lipinski definition) is 7. The minimum atomic E-state index is 0.0929. The summed E-state index contributed by atoms with van der Waals surface area (Å²) in [6.45, 7) is 2.48. The third kappa shape index (κ3) is 4.10. The van der Waals surface area contributed by atoms with E-state index < -0.39 is 0 Å². The molecule has 2 aromatic heterocycles. The van der Waals surface area contributed by atoms with E-state index in [9.17, 15) is 0 Å². The molecule has 0 radical (unpaired) electrons. The SMILES string of the molecule is COCCN(CCO)Cc1nc(-c2cccs2)no1. The van der Waals surface area contributed by atoms with E-state index in [-0.39, 0.29) is 6.61 Å². The number of ether oxygens (including phenoxy) is 1. The first-order valence-corrected chi connectivity index (χ1v) is 6.90. The molecule has 2 rings (SSSR count). The molecule has 7 heteroatoms. The maximum Gasteiger partial charge on any atom is 0.241 e. The summed E-state index contributed by atoms with van der Waals surface area (Å²) in [4.78, 5) is 7.35. The normalized spacial score (nSPS) is 11.3. The van der Waals surface area contributed by atoms with Gasteiger partial charge in [0.2, 0.25) is 11.7 Å². The standard InChI is InChI=1S/C12H17N3O3S/c1-17-7-5-15(4-6-16)9-11-13-12(14-18-11)10-3-2-8-19-10/h2-3,8,16H,4-7,9H2,1H3. The average Bonchev–Trinajstić information content (AvgIpc) is 3.06. The second-order valence-corrected chi connectivity index (χ2v) is 4.93. The van der Waals surface area contributed by atoms with Gasteiger partial charge in [-0.05, 0) is 11.4 Å². The van der Waals surface area contributed by atoms with Crippen LogP contribution in [0.2, 0.25) is 0 Å². The monoisotopic (exact) mass is 283 g/mol. The average molecular weight is 283 g/mol. The second kappa shape index (κ2) is 7.34. The predicted molar refractivity (Wildman–Crippen MR) is 71.8 cm³/mol. The lowest BCUT2D eigenvalue weighted by Crippen LogP contribution is -2.29. The molecule has 2 heterocycles. The van der Waals surface area contributed by atoms with E-state index in [1.807, 2.05) is 22.4 Å². The van der Waals surface area contributed by atoms with Gasteiger partial charge in [-0.25, -0.2) is 0 Å². The lowest BCUT2D eigenvalue weighted by molar-refractivity contribution is 0.118. The van der Waals surface area contributed by atoms with Gasteiger partial charge in [-0.3, -0.25) is 4.90 Å². The molecule has 0 aliphatic rings. The number of aromatic nitrogens is 2. The molecule has 6 nitrogen and oxygen atoms in total. The highest BCUT2D eigenvalue weighted by molar-refractivity contribution is 7.13. The van der Waals surface area contributed by atoms with Crippen LogP contribution in [0.4, 0.5) is 0 Å². The lowest BCUT2D eigenvalue weighted by atomic mass is 10.4. The van der Waals surface area contributed by atoms with Crippen molar-refractivity contribution in [3.05, 3.63) is 23.4 Å². The Balaban J connectivity index is 1.97. The zero-order chi connectivity index (χ0) is 13.5. The zero-order valence-corrected chi connectivity index (χ0v) is 11.6. The highest BCUT2D eigenvalue weighted by atomic mass is 32.1. The van der Waals surface area contributed by atoms with Gasteiger partial charge in [0.25, 0.3) is 0 Å². The molecule has 0 saturated carbocycles. The summed E-state index contributed by atoms with van der Waals surface area (Å²) >= 11 is 1.57. The third-order valence-corrected chi connectivity index (χ3v) is 3.46. The number of thiophene rings is 1. The van der Waals surface area contributed by atoms with Gasteiger partial charge >= 0.3 is 0 Å². The Bertz CT molecular complexity index is 472. The quantitative estimate of drug-likeness (QED) is 0.786. The largest absolute Gasteiger partial charge is 0.395 e. The van der Waals surface area contributed by atoms with Gasteiger partial charge in [-0.1, -0.05) is 11.2 Å². The molecule has 0 aromatic carbocycles. The van der Waals surface area contributed by atoms with Gasteiger partial charge < -0.3 is 14.4 Å². The molecule has 0 unspecified atom stereocenters. The fourth-order valence-electron chi connectivity index (χ4n) is 1.65.